The second kappa shape index (κ2) is 8.39. The van der Waals surface area contributed by atoms with Crippen molar-refractivity contribution in [2.75, 3.05) is 32.1 Å². The van der Waals surface area contributed by atoms with Gasteiger partial charge in [-0.3, -0.25) is 9.59 Å². The molecule has 1 aliphatic heterocycles. The molecule has 2 atom stereocenters. The highest BCUT2D eigenvalue weighted by molar-refractivity contribution is 7.89. The van der Waals surface area contributed by atoms with Gasteiger partial charge in [0.1, 0.15) is 12.6 Å². The van der Waals surface area contributed by atoms with Gasteiger partial charge >= 0.3 is 5.97 Å². The molecule has 0 bridgehead atoms. The molecule has 0 aliphatic carbocycles. The Bertz CT molecular complexity index is 737. The zero-order chi connectivity index (χ0) is 18.4. The van der Waals surface area contributed by atoms with E-state index >= 15 is 0 Å². The highest BCUT2D eigenvalue weighted by Gasteiger charge is 2.28. The average molecular weight is 371 g/mol. The molecule has 0 radical (unpaired) electrons. The summed E-state index contributed by atoms with van der Waals surface area (Å²) in [5.41, 5.74) is 0.325. The van der Waals surface area contributed by atoms with E-state index in [1.807, 2.05) is 0 Å². The van der Waals surface area contributed by atoms with E-state index in [1.54, 1.807) is 13.0 Å². The lowest BCUT2D eigenvalue weighted by Gasteiger charge is -2.29. The van der Waals surface area contributed by atoms with E-state index in [9.17, 15) is 18.0 Å². The molecule has 1 saturated heterocycles. The Morgan fingerprint density at radius 3 is 2.84 bits per heavy atom. The molecule has 1 amide bonds. The SMILES string of the molecule is COC(=O)CNS(=O)(=O)c1cccc(NC(=O)[C@H]2NCCO[C@@H]2C)c1. The summed E-state index contributed by atoms with van der Waals surface area (Å²) in [5.74, 6) is -1.02. The van der Waals surface area contributed by atoms with Gasteiger partial charge in [-0.2, -0.15) is 4.72 Å². The molecule has 25 heavy (non-hydrogen) atoms. The molecule has 1 aliphatic rings. The lowest BCUT2D eigenvalue weighted by molar-refractivity contribution is -0.139. The molecular formula is C15H21N3O6S. The highest BCUT2D eigenvalue weighted by atomic mass is 32.2. The summed E-state index contributed by atoms with van der Waals surface area (Å²) >= 11 is 0. The maximum atomic E-state index is 12.3. The van der Waals surface area contributed by atoms with Gasteiger partial charge in [-0.25, -0.2) is 8.42 Å². The summed E-state index contributed by atoms with van der Waals surface area (Å²) in [6.07, 6.45) is -0.289. The number of hydrogen-bond acceptors (Lipinski definition) is 7. The summed E-state index contributed by atoms with van der Waals surface area (Å²) in [6.45, 7) is 2.41. The van der Waals surface area contributed by atoms with Gasteiger partial charge in [-0.1, -0.05) is 6.07 Å². The minimum Gasteiger partial charge on any atom is -0.468 e. The van der Waals surface area contributed by atoms with Crippen LogP contribution in [0.15, 0.2) is 29.2 Å². The third-order valence-corrected chi connectivity index (χ3v) is 5.04. The molecule has 0 saturated carbocycles. The Morgan fingerprint density at radius 2 is 2.16 bits per heavy atom. The molecule has 138 valence electrons. The maximum Gasteiger partial charge on any atom is 0.320 e. The Balaban J connectivity index is 2.07. The van der Waals surface area contributed by atoms with Gasteiger partial charge in [-0.15, -0.1) is 0 Å². The van der Waals surface area contributed by atoms with E-state index in [-0.39, 0.29) is 16.9 Å². The predicted molar refractivity (Wildman–Crippen MR) is 89.5 cm³/mol. The smallest absolute Gasteiger partial charge is 0.320 e. The number of ether oxygens (including phenoxy) is 2. The quantitative estimate of drug-likeness (QED) is 0.574. The Labute approximate surface area is 146 Å². The third kappa shape index (κ3) is 5.23. The van der Waals surface area contributed by atoms with Crippen LogP contribution in [0.2, 0.25) is 0 Å². The Hall–Kier alpha value is -2.01. The molecule has 1 heterocycles. The summed E-state index contributed by atoms with van der Waals surface area (Å²) in [7, 11) is -2.74. The number of anilines is 1. The van der Waals surface area contributed by atoms with Crippen molar-refractivity contribution in [3.05, 3.63) is 24.3 Å². The molecule has 2 rings (SSSR count). The average Bonchev–Trinajstić information content (AvgIpc) is 2.60. The van der Waals surface area contributed by atoms with Crippen LogP contribution in [-0.4, -0.2) is 59.2 Å². The third-order valence-electron chi connectivity index (χ3n) is 3.65. The van der Waals surface area contributed by atoms with E-state index in [1.165, 1.54) is 18.2 Å². The lowest BCUT2D eigenvalue weighted by Crippen LogP contribution is -2.53. The highest BCUT2D eigenvalue weighted by Crippen LogP contribution is 2.16. The first-order valence-electron chi connectivity index (χ1n) is 7.66. The lowest BCUT2D eigenvalue weighted by atomic mass is 10.1. The van der Waals surface area contributed by atoms with Crippen LogP contribution < -0.4 is 15.4 Å². The van der Waals surface area contributed by atoms with Crippen molar-refractivity contribution < 1.29 is 27.5 Å². The standard InChI is InChI=1S/C15H21N3O6S/c1-10-14(16-6-7-24-10)15(20)18-11-4-3-5-12(8-11)25(21,22)17-9-13(19)23-2/h3-5,8,10,14,16-17H,6-7,9H2,1-2H3,(H,18,20)/t10-,14+/m1/s1. The first-order valence-corrected chi connectivity index (χ1v) is 9.14. The molecule has 9 nitrogen and oxygen atoms in total. The molecule has 10 heteroatoms. The van der Waals surface area contributed by atoms with E-state index in [2.05, 4.69) is 20.1 Å². The van der Waals surface area contributed by atoms with Gasteiger partial charge in [0.25, 0.3) is 0 Å². The summed E-state index contributed by atoms with van der Waals surface area (Å²) in [6, 6.07) is 5.22. The summed E-state index contributed by atoms with van der Waals surface area (Å²) < 4.78 is 36.3. The van der Waals surface area contributed by atoms with Crippen molar-refractivity contribution in [1.82, 2.24) is 10.0 Å². The van der Waals surface area contributed by atoms with Crippen LogP contribution >= 0.6 is 0 Å². The molecule has 0 unspecified atom stereocenters. The number of carbonyl (C=O) groups excluding carboxylic acids is 2. The van der Waals surface area contributed by atoms with Crippen molar-refractivity contribution in [2.45, 2.75) is 24.0 Å². The van der Waals surface area contributed by atoms with Crippen molar-refractivity contribution >= 4 is 27.6 Å². The number of carbonyl (C=O) groups is 2. The molecule has 1 fully saturated rings. The number of esters is 1. The topological polar surface area (TPSA) is 123 Å². The van der Waals surface area contributed by atoms with Crippen LogP contribution in [0.4, 0.5) is 5.69 Å². The van der Waals surface area contributed by atoms with Crippen LogP contribution in [-0.2, 0) is 29.1 Å². The van der Waals surface area contributed by atoms with Gasteiger partial charge in [0.15, 0.2) is 0 Å². The normalized spacial score (nSPS) is 20.7. The molecule has 3 N–H and O–H groups in total. The number of nitrogens with one attached hydrogen (secondary N) is 3. The number of amides is 1. The number of hydrogen-bond donors (Lipinski definition) is 3. The van der Waals surface area contributed by atoms with Crippen LogP contribution in [0.1, 0.15) is 6.92 Å². The van der Waals surface area contributed by atoms with Gasteiger partial charge in [0.2, 0.25) is 15.9 Å². The zero-order valence-corrected chi connectivity index (χ0v) is 14.8. The first-order chi connectivity index (χ1) is 11.8. The van der Waals surface area contributed by atoms with Crippen molar-refractivity contribution in [3.8, 4) is 0 Å². The van der Waals surface area contributed by atoms with E-state index in [0.29, 0.717) is 18.8 Å². The summed E-state index contributed by atoms with van der Waals surface area (Å²) in [4.78, 5) is 23.3. The van der Waals surface area contributed by atoms with Crippen molar-refractivity contribution in [2.24, 2.45) is 0 Å². The number of sulfonamides is 1. The second-order valence-electron chi connectivity index (χ2n) is 5.43. The van der Waals surface area contributed by atoms with E-state index < -0.39 is 28.6 Å². The zero-order valence-electron chi connectivity index (χ0n) is 13.9. The first kappa shape index (κ1) is 19.3. The molecule has 1 aromatic carbocycles. The van der Waals surface area contributed by atoms with Crippen LogP contribution in [0, 0.1) is 0 Å². The molecular weight excluding hydrogens is 350 g/mol. The number of methoxy groups -OCH3 is 1. The summed E-state index contributed by atoms with van der Waals surface area (Å²) in [5, 5.41) is 5.72. The van der Waals surface area contributed by atoms with Gasteiger partial charge in [-0.05, 0) is 25.1 Å². The molecule has 0 aromatic heterocycles. The monoisotopic (exact) mass is 371 g/mol. The van der Waals surface area contributed by atoms with Gasteiger partial charge in [0, 0.05) is 12.2 Å². The fourth-order valence-corrected chi connectivity index (χ4v) is 3.31. The largest absolute Gasteiger partial charge is 0.468 e. The van der Waals surface area contributed by atoms with Crippen LogP contribution in [0.25, 0.3) is 0 Å². The molecule has 0 spiro atoms. The fraction of sp³-hybridized carbons (Fsp3) is 0.467. The minimum absolute atomic E-state index is 0.0740. The predicted octanol–water partition coefficient (Wildman–Crippen LogP) is -0.547. The van der Waals surface area contributed by atoms with Crippen molar-refractivity contribution in [1.29, 1.82) is 0 Å². The molecule has 1 aromatic rings. The maximum absolute atomic E-state index is 12.3. The Morgan fingerprint density at radius 1 is 1.40 bits per heavy atom. The number of morpholine rings is 1. The van der Waals surface area contributed by atoms with E-state index in [0.717, 1.165) is 7.11 Å². The van der Waals surface area contributed by atoms with E-state index in [4.69, 9.17) is 4.74 Å². The van der Waals surface area contributed by atoms with Gasteiger partial charge < -0.3 is 20.1 Å². The minimum atomic E-state index is -3.90. The number of benzene rings is 1. The Kier molecular flexibility index (Phi) is 6.48. The second-order valence-corrected chi connectivity index (χ2v) is 7.19. The van der Waals surface area contributed by atoms with Crippen molar-refractivity contribution in [3.63, 3.8) is 0 Å². The van der Waals surface area contributed by atoms with Crippen LogP contribution in [0.3, 0.4) is 0 Å². The van der Waals surface area contributed by atoms with Crippen LogP contribution in [0.5, 0.6) is 0 Å². The fourth-order valence-electron chi connectivity index (χ4n) is 2.30. The number of rotatable bonds is 6. The van der Waals surface area contributed by atoms with Gasteiger partial charge in [0.05, 0.1) is 24.7 Å².